The lowest BCUT2D eigenvalue weighted by atomic mass is 10.1. The van der Waals surface area contributed by atoms with Gasteiger partial charge in [-0.05, 0) is 29.8 Å². The van der Waals surface area contributed by atoms with E-state index in [1.54, 1.807) is 19.2 Å². The number of benzene rings is 2. The van der Waals surface area contributed by atoms with Gasteiger partial charge in [0.05, 0.1) is 5.56 Å². The van der Waals surface area contributed by atoms with Gasteiger partial charge in [-0.2, -0.15) is 0 Å². The molecule has 0 aromatic heterocycles. The summed E-state index contributed by atoms with van der Waals surface area (Å²) in [5.74, 6) is -1.09. The van der Waals surface area contributed by atoms with E-state index >= 15 is 0 Å². The number of amides is 1. The van der Waals surface area contributed by atoms with Crippen LogP contribution in [0.5, 0.6) is 11.5 Å². The molecule has 5 nitrogen and oxygen atoms in total. The fraction of sp³-hybridized carbons (Fsp3) is 0.133. The molecule has 2 aromatic rings. The van der Waals surface area contributed by atoms with Crippen LogP contribution >= 0.6 is 0 Å². The first-order chi connectivity index (χ1) is 9.49. The Morgan fingerprint density at radius 3 is 2.60 bits per heavy atom. The van der Waals surface area contributed by atoms with Gasteiger partial charge in [0, 0.05) is 19.3 Å². The Morgan fingerprint density at radius 1 is 1.20 bits per heavy atom. The molecule has 0 fully saturated rings. The molecule has 0 bridgehead atoms. The normalized spacial score (nSPS) is 10.2. The maximum absolute atomic E-state index is 12.2. The molecular weight excluding hydrogens is 256 g/mol. The van der Waals surface area contributed by atoms with Crippen LogP contribution in [0.4, 0.5) is 5.69 Å². The van der Waals surface area contributed by atoms with Gasteiger partial charge in [0.15, 0.2) is 11.5 Å². The molecule has 20 heavy (non-hydrogen) atoms. The zero-order chi connectivity index (χ0) is 14.7. The second kappa shape index (κ2) is 5.52. The Bertz CT molecular complexity index is 641. The second-order valence-corrected chi connectivity index (χ2v) is 4.58. The SMILES string of the molecule is CN(Cc1cccc(N)c1)C(=O)c1cccc(O)c1O. The van der Waals surface area contributed by atoms with Crippen molar-refractivity contribution in [2.75, 3.05) is 12.8 Å². The number of rotatable bonds is 3. The maximum atomic E-state index is 12.2. The maximum Gasteiger partial charge on any atom is 0.257 e. The molecule has 0 saturated carbocycles. The Morgan fingerprint density at radius 2 is 1.90 bits per heavy atom. The molecular formula is C15H16N2O3. The minimum atomic E-state index is -0.406. The standard InChI is InChI=1S/C15H16N2O3/c1-17(9-10-4-2-5-11(16)8-10)15(20)12-6-3-7-13(18)14(12)19/h2-8,18-19H,9,16H2,1H3. The molecule has 0 heterocycles. The average molecular weight is 272 g/mol. The summed E-state index contributed by atoms with van der Waals surface area (Å²) in [6.45, 7) is 0.360. The molecule has 0 radical (unpaired) electrons. The predicted molar refractivity (Wildman–Crippen MR) is 76.4 cm³/mol. The molecule has 0 atom stereocenters. The number of carbonyl (C=O) groups is 1. The van der Waals surface area contributed by atoms with E-state index in [1.807, 2.05) is 12.1 Å². The van der Waals surface area contributed by atoms with Gasteiger partial charge in [0.1, 0.15) is 0 Å². The van der Waals surface area contributed by atoms with Crippen LogP contribution in [0.15, 0.2) is 42.5 Å². The lowest BCUT2D eigenvalue weighted by Gasteiger charge is -2.18. The lowest BCUT2D eigenvalue weighted by Crippen LogP contribution is -2.26. The number of hydrogen-bond acceptors (Lipinski definition) is 4. The molecule has 104 valence electrons. The van der Waals surface area contributed by atoms with Crippen LogP contribution in [0.1, 0.15) is 15.9 Å². The smallest absolute Gasteiger partial charge is 0.257 e. The monoisotopic (exact) mass is 272 g/mol. The fourth-order valence-corrected chi connectivity index (χ4v) is 1.95. The summed E-state index contributed by atoms with van der Waals surface area (Å²) in [6.07, 6.45) is 0. The summed E-state index contributed by atoms with van der Waals surface area (Å²) in [5.41, 5.74) is 7.27. The summed E-state index contributed by atoms with van der Waals surface area (Å²) in [7, 11) is 1.62. The molecule has 2 rings (SSSR count). The van der Waals surface area contributed by atoms with Gasteiger partial charge in [-0.25, -0.2) is 0 Å². The van der Waals surface area contributed by atoms with E-state index in [1.165, 1.54) is 23.1 Å². The van der Waals surface area contributed by atoms with Crippen LogP contribution in [0.2, 0.25) is 0 Å². The molecule has 0 aliphatic carbocycles. The Hall–Kier alpha value is -2.69. The van der Waals surface area contributed by atoms with E-state index in [0.717, 1.165) is 5.56 Å². The molecule has 2 aromatic carbocycles. The average Bonchev–Trinajstić information content (AvgIpc) is 2.41. The second-order valence-electron chi connectivity index (χ2n) is 4.58. The third-order valence-electron chi connectivity index (χ3n) is 2.96. The topological polar surface area (TPSA) is 86.8 Å². The van der Waals surface area contributed by atoms with Gasteiger partial charge in [0.2, 0.25) is 0 Å². The minimum absolute atomic E-state index is 0.0661. The van der Waals surface area contributed by atoms with Gasteiger partial charge < -0.3 is 20.8 Å². The number of phenolic OH excluding ortho intramolecular Hbond substituents is 2. The first-order valence-corrected chi connectivity index (χ1v) is 6.10. The van der Waals surface area contributed by atoms with Crippen LogP contribution in [0, 0.1) is 0 Å². The first kappa shape index (κ1) is 13.7. The summed E-state index contributed by atoms with van der Waals surface area (Å²) in [4.78, 5) is 13.7. The number of para-hydroxylation sites is 1. The van der Waals surface area contributed by atoms with Crippen molar-refractivity contribution < 1.29 is 15.0 Å². The van der Waals surface area contributed by atoms with Crippen molar-refractivity contribution in [1.29, 1.82) is 0 Å². The Balaban J connectivity index is 2.19. The number of hydrogen-bond donors (Lipinski definition) is 3. The van der Waals surface area contributed by atoms with Gasteiger partial charge in [-0.1, -0.05) is 18.2 Å². The number of phenols is 2. The van der Waals surface area contributed by atoms with Crippen molar-refractivity contribution in [1.82, 2.24) is 4.90 Å². The highest BCUT2D eigenvalue weighted by Gasteiger charge is 2.17. The summed E-state index contributed by atoms with van der Waals surface area (Å²) in [5, 5.41) is 19.1. The highest BCUT2D eigenvalue weighted by molar-refractivity contribution is 5.97. The van der Waals surface area contributed by atoms with Crippen molar-refractivity contribution in [2.24, 2.45) is 0 Å². The van der Waals surface area contributed by atoms with Gasteiger partial charge >= 0.3 is 0 Å². The number of carbonyl (C=O) groups excluding carboxylic acids is 1. The molecule has 4 N–H and O–H groups in total. The number of nitrogen functional groups attached to an aromatic ring is 1. The quantitative estimate of drug-likeness (QED) is 0.588. The summed E-state index contributed by atoms with van der Waals surface area (Å²) in [6, 6.07) is 11.5. The molecule has 0 aliphatic rings. The molecule has 0 aliphatic heterocycles. The van der Waals surface area contributed by atoms with Crippen molar-refractivity contribution >= 4 is 11.6 Å². The molecule has 0 saturated heterocycles. The molecule has 5 heteroatoms. The largest absolute Gasteiger partial charge is 0.504 e. The van der Waals surface area contributed by atoms with Gasteiger partial charge in [0.25, 0.3) is 5.91 Å². The number of nitrogens with zero attached hydrogens (tertiary/aromatic N) is 1. The molecule has 0 spiro atoms. The van der Waals surface area contributed by atoms with E-state index in [2.05, 4.69) is 0 Å². The van der Waals surface area contributed by atoms with Gasteiger partial charge in [-0.15, -0.1) is 0 Å². The van der Waals surface area contributed by atoms with E-state index in [4.69, 9.17) is 5.73 Å². The van der Waals surface area contributed by atoms with E-state index in [-0.39, 0.29) is 17.2 Å². The lowest BCUT2D eigenvalue weighted by molar-refractivity contribution is 0.0781. The van der Waals surface area contributed by atoms with Crippen LogP contribution < -0.4 is 5.73 Å². The third kappa shape index (κ3) is 2.83. The van der Waals surface area contributed by atoms with Crippen LogP contribution in [-0.4, -0.2) is 28.1 Å². The highest BCUT2D eigenvalue weighted by Crippen LogP contribution is 2.29. The number of aromatic hydroxyl groups is 2. The Kier molecular flexibility index (Phi) is 3.79. The van der Waals surface area contributed by atoms with Crippen molar-refractivity contribution in [3.63, 3.8) is 0 Å². The van der Waals surface area contributed by atoms with Crippen LogP contribution in [-0.2, 0) is 6.54 Å². The zero-order valence-electron chi connectivity index (χ0n) is 11.1. The van der Waals surface area contributed by atoms with E-state index < -0.39 is 5.75 Å². The Labute approximate surface area is 116 Å². The van der Waals surface area contributed by atoms with E-state index in [9.17, 15) is 15.0 Å². The molecule has 0 unspecified atom stereocenters. The van der Waals surface area contributed by atoms with E-state index in [0.29, 0.717) is 12.2 Å². The highest BCUT2D eigenvalue weighted by atomic mass is 16.3. The predicted octanol–water partition coefficient (Wildman–Crippen LogP) is 1.95. The summed E-state index contributed by atoms with van der Waals surface area (Å²) < 4.78 is 0. The van der Waals surface area contributed by atoms with Crippen molar-refractivity contribution in [3.8, 4) is 11.5 Å². The zero-order valence-corrected chi connectivity index (χ0v) is 11.1. The van der Waals surface area contributed by atoms with Gasteiger partial charge in [-0.3, -0.25) is 4.79 Å². The van der Waals surface area contributed by atoms with Crippen molar-refractivity contribution in [2.45, 2.75) is 6.54 Å². The number of anilines is 1. The van der Waals surface area contributed by atoms with Crippen molar-refractivity contribution in [3.05, 3.63) is 53.6 Å². The summed E-state index contributed by atoms with van der Waals surface area (Å²) >= 11 is 0. The molecule has 1 amide bonds. The third-order valence-corrected chi connectivity index (χ3v) is 2.96. The van der Waals surface area contributed by atoms with Crippen LogP contribution in [0.3, 0.4) is 0 Å². The first-order valence-electron chi connectivity index (χ1n) is 6.10. The minimum Gasteiger partial charge on any atom is -0.504 e. The fourth-order valence-electron chi connectivity index (χ4n) is 1.95. The number of nitrogens with two attached hydrogens (primary N) is 1. The van der Waals surface area contributed by atoms with Crippen LogP contribution in [0.25, 0.3) is 0 Å².